The van der Waals surface area contributed by atoms with Crippen LogP contribution in [0, 0.1) is 11.3 Å². The monoisotopic (exact) mass is 313 g/mol. The summed E-state index contributed by atoms with van der Waals surface area (Å²) in [5.74, 6) is 2.54. The van der Waals surface area contributed by atoms with Gasteiger partial charge >= 0.3 is 5.97 Å². The third-order valence-electron chi connectivity index (χ3n) is 3.47. The highest BCUT2D eigenvalue weighted by Crippen LogP contribution is 2.39. The van der Waals surface area contributed by atoms with Crippen LogP contribution in [0.1, 0.15) is 47.0 Å². The van der Waals surface area contributed by atoms with E-state index in [9.17, 15) is 14.4 Å². The molecule has 126 valence electrons. The van der Waals surface area contributed by atoms with Crippen LogP contribution in [0.4, 0.5) is 0 Å². The van der Waals surface area contributed by atoms with E-state index in [2.05, 4.69) is 15.5 Å². The minimum absolute atomic E-state index is 0.168. The smallest absolute Gasteiger partial charge is 0.317 e. The second kappa shape index (κ2) is 9.48. The Balaban J connectivity index is 0.000000980. The lowest BCUT2D eigenvalue weighted by atomic mass is 9.66. The molecule has 0 aromatic carbocycles. The van der Waals surface area contributed by atoms with Crippen molar-refractivity contribution in [2.75, 3.05) is 13.7 Å². The lowest BCUT2D eigenvalue weighted by Crippen LogP contribution is -2.45. The highest BCUT2D eigenvalue weighted by atomic mass is 16.6. The van der Waals surface area contributed by atoms with Gasteiger partial charge in [0.2, 0.25) is 0 Å². The molecule has 1 fully saturated rings. The van der Waals surface area contributed by atoms with Crippen LogP contribution in [-0.2, 0) is 24.0 Å². The van der Waals surface area contributed by atoms with Gasteiger partial charge in [-0.25, -0.2) is 5.90 Å². The van der Waals surface area contributed by atoms with E-state index < -0.39 is 23.1 Å². The number of ether oxygens (including phenoxy) is 1. The molecule has 6 nitrogen and oxygen atoms in total. The standard InChI is InChI=1S/C14H20O4.C2H7NO/c1-5-6-7-9-10(15)8-14(2,3)11(12(9)16)13(17)18-4;1-2-4-3/h7,11H,5-6,8H2,1-4H3;2-3H2,1H3. The van der Waals surface area contributed by atoms with Gasteiger partial charge in [-0.1, -0.05) is 33.3 Å². The van der Waals surface area contributed by atoms with Crippen molar-refractivity contribution >= 4 is 17.5 Å². The minimum Gasteiger partial charge on any atom is -0.468 e. The van der Waals surface area contributed by atoms with Crippen LogP contribution in [0.5, 0.6) is 0 Å². The van der Waals surface area contributed by atoms with Gasteiger partial charge in [-0.15, -0.1) is 0 Å². The number of unbranched alkanes of at least 4 members (excludes halogenated alkanes) is 1. The van der Waals surface area contributed by atoms with Crippen molar-refractivity contribution in [3.05, 3.63) is 11.6 Å². The first-order chi connectivity index (χ1) is 10.3. The molecule has 0 amide bonds. The van der Waals surface area contributed by atoms with Crippen LogP contribution in [0.3, 0.4) is 0 Å². The molecule has 1 saturated carbocycles. The van der Waals surface area contributed by atoms with Crippen molar-refractivity contribution in [3.63, 3.8) is 0 Å². The zero-order valence-corrected chi connectivity index (χ0v) is 14.1. The Morgan fingerprint density at radius 2 is 1.91 bits per heavy atom. The van der Waals surface area contributed by atoms with Crippen LogP contribution < -0.4 is 5.90 Å². The summed E-state index contributed by atoms with van der Waals surface area (Å²) in [4.78, 5) is 40.0. The molecular weight excluding hydrogens is 286 g/mol. The number of nitrogens with two attached hydrogens (primary N) is 1. The molecule has 0 aromatic heterocycles. The largest absolute Gasteiger partial charge is 0.468 e. The number of allylic oxidation sites excluding steroid dienone is 2. The van der Waals surface area contributed by atoms with Crippen molar-refractivity contribution in [2.24, 2.45) is 17.2 Å². The topological polar surface area (TPSA) is 95.7 Å². The molecular formula is C16H27NO5. The van der Waals surface area contributed by atoms with Crippen LogP contribution in [0.2, 0.25) is 0 Å². The molecule has 0 aromatic rings. The Labute approximate surface area is 132 Å². The van der Waals surface area contributed by atoms with E-state index in [0.717, 1.165) is 6.42 Å². The fraction of sp³-hybridized carbons (Fsp3) is 0.688. The molecule has 0 spiro atoms. The molecule has 22 heavy (non-hydrogen) atoms. The number of carbonyl (C=O) groups excluding carboxylic acids is 3. The maximum Gasteiger partial charge on any atom is 0.317 e. The summed E-state index contributed by atoms with van der Waals surface area (Å²) in [6.07, 6.45) is 3.38. The van der Waals surface area contributed by atoms with Crippen LogP contribution in [-0.4, -0.2) is 31.3 Å². The zero-order valence-electron chi connectivity index (χ0n) is 14.1. The normalized spacial score (nSPS) is 22.1. The van der Waals surface area contributed by atoms with Crippen molar-refractivity contribution in [2.45, 2.75) is 47.0 Å². The van der Waals surface area contributed by atoms with Gasteiger partial charge in [0.15, 0.2) is 11.6 Å². The number of esters is 1. The quantitative estimate of drug-likeness (QED) is 0.280. The highest BCUT2D eigenvalue weighted by Gasteiger charge is 2.49. The first kappa shape index (κ1) is 20.5. The summed E-state index contributed by atoms with van der Waals surface area (Å²) < 4.78 is 4.69. The number of carbonyl (C=O) groups is 3. The SMILES string of the molecule is CCCC=C1C(=O)CC(C)(C)C(C(=O)OC)C1=O.CCON. The third kappa shape index (κ3) is 5.35. The summed E-state index contributed by atoms with van der Waals surface area (Å²) in [7, 11) is 1.26. The number of Topliss-reactive ketones (excluding diaryl/α,β-unsaturated/α-hetero) is 2. The molecule has 1 unspecified atom stereocenters. The Bertz CT molecular complexity index is 438. The maximum absolute atomic E-state index is 12.3. The van der Waals surface area contributed by atoms with Crippen molar-refractivity contribution < 1.29 is 24.0 Å². The number of hydrogen-bond acceptors (Lipinski definition) is 6. The number of rotatable bonds is 4. The summed E-state index contributed by atoms with van der Waals surface area (Å²) in [5.41, 5.74) is -0.503. The number of ketones is 2. The second-order valence-electron chi connectivity index (χ2n) is 5.77. The zero-order chi connectivity index (χ0) is 17.3. The van der Waals surface area contributed by atoms with Gasteiger partial charge in [-0.3, -0.25) is 14.4 Å². The molecule has 0 bridgehead atoms. The van der Waals surface area contributed by atoms with E-state index in [0.29, 0.717) is 13.0 Å². The molecule has 0 aliphatic heterocycles. The Morgan fingerprint density at radius 3 is 2.32 bits per heavy atom. The van der Waals surface area contributed by atoms with Gasteiger partial charge in [0, 0.05) is 6.42 Å². The lowest BCUT2D eigenvalue weighted by molar-refractivity contribution is -0.155. The molecule has 0 saturated heterocycles. The predicted molar refractivity (Wildman–Crippen MR) is 82.7 cm³/mol. The van der Waals surface area contributed by atoms with Gasteiger partial charge in [0.05, 0.1) is 19.3 Å². The molecule has 1 rings (SSSR count). The lowest BCUT2D eigenvalue weighted by Gasteiger charge is -2.35. The van der Waals surface area contributed by atoms with E-state index in [4.69, 9.17) is 0 Å². The first-order valence-corrected chi connectivity index (χ1v) is 7.43. The first-order valence-electron chi connectivity index (χ1n) is 7.43. The van der Waals surface area contributed by atoms with E-state index in [1.54, 1.807) is 19.9 Å². The van der Waals surface area contributed by atoms with E-state index >= 15 is 0 Å². The van der Waals surface area contributed by atoms with Crippen molar-refractivity contribution in [1.82, 2.24) is 0 Å². The second-order valence-corrected chi connectivity index (χ2v) is 5.77. The Morgan fingerprint density at radius 1 is 1.36 bits per heavy atom. The number of methoxy groups -OCH3 is 1. The van der Waals surface area contributed by atoms with Crippen LogP contribution >= 0.6 is 0 Å². The van der Waals surface area contributed by atoms with Gasteiger partial charge < -0.3 is 9.57 Å². The summed E-state index contributed by atoms with van der Waals surface area (Å²) >= 11 is 0. The van der Waals surface area contributed by atoms with Gasteiger partial charge in [-0.2, -0.15) is 0 Å². The molecule has 6 heteroatoms. The summed E-state index contributed by atoms with van der Waals surface area (Å²) in [5, 5.41) is 0. The van der Waals surface area contributed by atoms with Gasteiger partial charge in [0.25, 0.3) is 0 Å². The Kier molecular flexibility index (Phi) is 8.82. The molecule has 1 aliphatic carbocycles. The number of hydrogen-bond donors (Lipinski definition) is 1. The highest BCUT2D eigenvalue weighted by molar-refractivity contribution is 6.27. The molecule has 1 aliphatic rings. The third-order valence-corrected chi connectivity index (χ3v) is 3.47. The van der Waals surface area contributed by atoms with E-state index in [1.807, 2.05) is 13.8 Å². The Hall–Kier alpha value is -1.53. The van der Waals surface area contributed by atoms with Crippen molar-refractivity contribution in [3.8, 4) is 0 Å². The molecule has 0 heterocycles. The average molecular weight is 313 g/mol. The maximum atomic E-state index is 12.3. The van der Waals surface area contributed by atoms with Gasteiger partial charge in [0.1, 0.15) is 5.92 Å². The molecule has 1 atom stereocenters. The average Bonchev–Trinajstić information content (AvgIpc) is 2.45. The summed E-state index contributed by atoms with van der Waals surface area (Å²) in [6.45, 7) is 7.90. The van der Waals surface area contributed by atoms with Crippen LogP contribution in [0.25, 0.3) is 0 Å². The van der Waals surface area contributed by atoms with Gasteiger partial charge in [-0.05, 0) is 18.8 Å². The van der Waals surface area contributed by atoms with Crippen LogP contribution in [0.15, 0.2) is 11.6 Å². The van der Waals surface area contributed by atoms with E-state index in [1.165, 1.54) is 7.11 Å². The fourth-order valence-electron chi connectivity index (χ4n) is 2.31. The molecule has 2 N–H and O–H groups in total. The fourth-order valence-corrected chi connectivity index (χ4v) is 2.31. The summed E-state index contributed by atoms with van der Waals surface area (Å²) in [6, 6.07) is 0. The predicted octanol–water partition coefficient (Wildman–Crippen LogP) is 1.97. The molecule has 0 radical (unpaired) electrons. The van der Waals surface area contributed by atoms with Crippen molar-refractivity contribution in [1.29, 1.82) is 0 Å². The van der Waals surface area contributed by atoms with E-state index in [-0.39, 0.29) is 17.8 Å². The minimum atomic E-state index is -0.872.